The number of methoxy groups -OCH3 is 1. The Morgan fingerprint density at radius 3 is 2.17 bits per heavy atom. The van der Waals surface area contributed by atoms with Crippen LogP contribution in [0.25, 0.3) is 0 Å². The van der Waals surface area contributed by atoms with Gasteiger partial charge >= 0.3 is 6.09 Å². The molecular formula is C24H38F2N4O6. The monoisotopic (exact) mass is 516 g/mol. The Balaban J connectivity index is 2.21. The van der Waals surface area contributed by atoms with E-state index in [1.54, 1.807) is 20.8 Å². The van der Waals surface area contributed by atoms with Crippen LogP contribution in [0.1, 0.15) is 72.6 Å². The molecule has 10 nitrogen and oxygen atoms in total. The van der Waals surface area contributed by atoms with Gasteiger partial charge in [0, 0.05) is 19.0 Å². The number of hydrogen-bond donors (Lipinski definition) is 3. The molecule has 2 fully saturated rings. The highest BCUT2D eigenvalue weighted by Gasteiger charge is 2.42. The highest BCUT2D eigenvalue weighted by molar-refractivity contribution is 6.38. The van der Waals surface area contributed by atoms with Crippen molar-refractivity contribution in [3.8, 4) is 0 Å². The van der Waals surface area contributed by atoms with Crippen molar-refractivity contribution < 1.29 is 37.5 Å². The largest absolute Gasteiger partial charge is 0.453 e. The van der Waals surface area contributed by atoms with Crippen molar-refractivity contribution in [1.29, 1.82) is 0 Å². The minimum Gasteiger partial charge on any atom is -0.453 e. The zero-order valence-electron chi connectivity index (χ0n) is 21.6. The summed E-state index contributed by atoms with van der Waals surface area (Å²) in [6.45, 7) is 6.19. The maximum atomic E-state index is 13.5. The number of rotatable bonds is 10. The Kier molecular flexibility index (Phi) is 9.78. The Morgan fingerprint density at radius 1 is 1.00 bits per heavy atom. The summed E-state index contributed by atoms with van der Waals surface area (Å²) in [5.41, 5.74) is -0.712. The average Bonchev–Trinajstić information content (AvgIpc) is 3.61. The summed E-state index contributed by atoms with van der Waals surface area (Å²) in [7, 11) is 1.17. The van der Waals surface area contributed by atoms with Crippen LogP contribution >= 0.6 is 0 Å². The number of piperidine rings is 1. The van der Waals surface area contributed by atoms with Gasteiger partial charge in [-0.25, -0.2) is 13.6 Å². The van der Waals surface area contributed by atoms with Crippen molar-refractivity contribution in [3.63, 3.8) is 0 Å². The van der Waals surface area contributed by atoms with E-state index in [-0.39, 0.29) is 19.0 Å². The molecule has 12 heteroatoms. The van der Waals surface area contributed by atoms with Crippen molar-refractivity contribution in [2.45, 2.75) is 103 Å². The van der Waals surface area contributed by atoms with Crippen LogP contribution in [-0.4, -0.2) is 78.2 Å². The van der Waals surface area contributed by atoms with Crippen LogP contribution in [0.2, 0.25) is 0 Å². The summed E-state index contributed by atoms with van der Waals surface area (Å²) >= 11 is 0. The lowest BCUT2D eigenvalue weighted by Crippen LogP contribution is -2.61. The second-order valence-electron chi connectivity index (χ2n) is 10.8. The van der Waals surface area contributed by atoms with Gasteiger partial charge in [0.05, 0.1) is 13.2 Å². The number of carbonyl (C=O) groups is 5. The standard InChI is InChI=1S/C24H38F2N4O6/c1-23(2,3)18(29-22(35)36-5)21(34)30-13-7-6-8-16(30)19(32)28-15(11-12-24(4,25)26)17(31)20(33)27-14-9-10-14/h14-16,18H,6-13H2,1-5H3,(H,27,33)(H,28,32)(H,29,35)/t15-,16?,18+/m0/s1. The molecule has 1 unspecified atom stereocenters. The van der Waals surface area contributed by atoms with Gasteiger partial charge in [-0.05, 0) is 50.9 Å². The van der Waals surface area contributed by atoms with Gasteiger partial charge in [0.15, 0.2) is 0 Å². The van der Waals surface area contributed by atoms with Crippen molar-refractivity contribution >= 4 is 29.6 Å². The minimum absolute atomic E-state index is 0.117. The summed E-state index contributed by atoms with van der Waals surface area (Å²) < 4.78 is 31.7. The van der Waals surface area contributed by atoms with Crippen molar-refractivity contribution in [3.05, 3.63) is 0 Å². The van der Waals surface area contributed by atoms with E-state index in [1.165, 1.54) is 12.0 Å². The number of halogens is 2. The lowest BCUT2D eigenvalue weighted by molar-refractivity contribution is -0.147. The normalized spacial score (nSPS) is 20.1. The molecule has 1 saturated heterocycles. The van der Waals surface area contributed by atoms with E-state index in [0.29, 0.717) is 19.8 Å². The fourth-order valence-electron chi connectivity index (χ4n) is 4.04. The zero-order chi connectivity index (χ0) is 27.3. The molecule has 204 valence electrons. The van der Waals surface area contributed by atoms with E-state index >= 15 is 0 Å². The Bertz CT molecular complexity index is 851. The number of ketones is 1. The Labute approximate surface area is 210 Å². The van der Waals surface area contributed by atoms with E-state index in [2.05, 4.69) is 20.7 Å². The average molecular weight is 517 g/mol. The van der Waals surface area contributed by atoms with Crippen molar-refractivity contribution in [2.24, 2.45) is 5.41 Å². The van der Waals surface area contributed by atoms with Crippen molar-refractivity contribution in [1.82, 2.24) is 20.9 Å². The molecule has 36 heavy (non-hydrogen) atoms. The van der Waals surface area contributed by atoms with Crippen LogP contribution < -0.4 is 16.0 Å². The molecule has 0 spiro atoms. The minimum atomic E-state index is -3.09. The van der Waals surface area contributed by atoms with Gasteiger partial charge < -0.3 is 25.6 Å². The maximum Gasteiger partial charge on any atom is 0.407 e. The predicted octanol–water partition coefficient (Wildman–Crippen LogP) is 1.91. The van der Waals surface area contributed by atoms with E-state index in [4.69, 9.17) is 0 Å². The zero-order valence-corrected chi connectivity index (χ0v) is 21.6. The van der Waals surface area contributed by atoms with Crippen LogP contribution in [0.4, 0.5) is 13.6 Å². The Morgan fingerprint density at radius 2 is 1.64 bits per heavy atom. The summed E-state index contributed by atoms with van der Waals surface area (Å²) in [6.07, 6.45) is 1.07. The fourth-order valence-corrected chi connectivity index (χ4v) is 4.04. The van der Waals surface area contributed by atoms with Gasteiger partial charge in [-0.3, -0.25) is 19.2 Å². The topological polar surface area (TPSA) is 134 Å². The van der Waals surface area contributed by atoms with Gasteiger partial charge in [-0.1, -0.05) is 20.8 Å². The summed E-state index contributed by atoms with van der Waals surface area (Å²) in [5.74, 6) is -6.21. The third-order valence-corrected chi connectivity index (χ3v) is 6.29. The van der Waals surface area contributed by atoms with Gasteiger partial charge in [0.1, 0.15) is 12.1 Å². The van der Waals surface area contributed by atoms with Crippen LogP contribution in [0.3, 0.4) is 0 Å². The number of carbonyl (C=O) groups excluding carboxylic acids is 5. The molecule has 0 bridgehead atoms. The van der Waals surface area contributed by atoms with E-state index in [1.807, 2.05) is 0 Å². The summed E-state index contributed by atoms with van der Waals surface area (Å²) in [4.78, 5) is 65.0. The highest BCUT2D eigenvalue weighted by Crippen LogP contribution is 2.26. The number of ether oxygens (including phenoxy) is 1. The van der Waals surface area contributed by atoms with E-state index in [0.717, 1.165) is 12.8 Å². The number of alkyl halides is 2. The predicted molar refractivity (Wildman–Crippen MR) is 126 cm³/mol. The molecule has 1 aliphatic heterocycles. The number of amides is 4. The lowest BCUT2D eigenvalue weighted by Gasteiger charge is -2.40. The smallest absolute Gasteiger partial charge is 0.407 e. The number of nitrogens with one attached hydrogen (secondary N) is 3. The molecule has 2 rings (SSSR count). The number of nitrogens with zero attached hydrogens (tertiary/aromatic N) is 1. The lowest BCUT2D eigenvalue weighted by atomic mass is 9.85. The Hall–Kier alpha value is -2.79. The molecule has 2 aliphatic rings. The molecule has 1 heterocycles. The van der Waals surface area contributed by atoms with E-state index < -0.39 is 71.9 Å². The highest BCUT2D eigenvalue weighted by atomic mass is 19.3. The quantitative estimate of drug-likeness (QED) is 0.380. The first-order valence-electron chi connectivity index (χ1n) is 12.3. The third kappa shape index (κ3) is 8.70. The van der Waals surface area contributed by atoms with E-state index in [9.17, 15) is 32.8 Å². The molecule has 3 N–H and O–H groups in total. The first kappa shape index (κ1) is 29.4. The molecule has 1 saturated carbocycles. The second-order valence-corrected chi connectivity index (χ2v) is 10.8. The number of likely N-dealkylation sites (tertiary alicyclic amines) is 1. The molecule has 0 aromatic heterocycles. The second kappa shape index (κ2) is 12.0. The molecule has 4 amide bonds. The van der Waals surface area contributed by atoms with Crippen LogP contribution in [0.5, 0.6) is 0 Å². The fraction of sp³-hybridized carbons (Fsp3) is 0.792. The molecular weight excluding hydrogens is 478 g/mol. The first-order chi connectivity index (χ1) is 16.6. The van der Waals surface area contributed by atoms with Gasteiger partial charge in [0.2, 0.25) is 23.5 Å². The maximum absolute atomic E-state index is 13.5. The van der Waals surface area contributed by atoms with Gasteiger partial charge in [-0.15, -0.1) is 0 Å². The third-order valence-electron chi connectivity index (χ3n) is 6.29. The van der Waals surface area contributed by atoms with Crippen LogP contribution in [0, 0.1) is 5.41 Å². The van der Waals surface area contributed by atoms with Gasteiger partial charge in [-0.2, -0.15) is 0 Å². The first-order valence-corrected chi connectivity index (χ1v) is 12.3. The van der Waals surface area contributed by atoms with Crippen LogP contribution in [-0.2, 0) is 23.9 Å². The molecule has 1 aliphatic carbocycles. The van der Waals surface area contributed by atoms with Crippen LogP contribution in [0.15, 0.2) is 0 Å². The number of Topliss-reactive ketones (excluding diaryl/α,β-unsaturated/α-hetero) is 1. The summed E-state index contributed by atoms with van der Waals surface area (Å²) in [6, 6.07) is -3.56. The summed E-state index contributed by atoms with van der Waals surface area (Å²) in [5, 5.41) is 7.51. The molecule has 0 aromatic carbocycles. The molecule has 0 aromatic rings. The number of alkyl carbamates (subject to hydrolysis) is 1. The van der Waals surface area contributed by atoms with Gasteiger partial charge in [0.25, 0.3) is 5.91 Å². The number of hydrogen-bond acceptors (Lipinski definition) is 6. The molecule has 0 radical (unpaired) electrons. The molecule has 3 atom stereocenters. The SMILES string of the molecule is COC(=O)N[C@H](C(=O)N1CCCCC1C(=O)N[C@@H](CCC(C)(F)F)C(=O)C(=O)NC1CC1)C(C)(C)C. The van der Waals surface area contributed by atoms with Crippen molar-refractivity contribution in [2.75, 3.05) is 13.7 Å².